The molecule has 0 fully saturated rings. The lowest BCUT2D eigenvalue weighted by Gasteiger charge is -2.07. The first-order chi connectivity index (χ1) is 14.8. The van der Waals surface area contributed by atoms with E-state index in [0.717, 1.165) is 32.4 Å². The summed E-state index contributed by atoms with van der Waals surface area (Å²) in [5.41, 5.74) is 3.85. The van der Waals surface area contributed by atoms with Gasteiger partial charge in [0.05, 0.1) is 22.5 Å². The van der Waals surface area contributed by atoms with E-state index < -0.39 is 10.0 Å². The number of nitrogens with one attached hydrogen (secondary N) is 1. The molecule has 0 unspecified atom stereocenters. The van der Waals surface area contributed by atoms with Crippen molar-refractivity contribution in [2.75, 3.05) is 6.61 Å². The Bertz CT molecular complexity index is 1390. The van der Waals surface area contributed by atoms with Crippen LogP contribution in [0.25, 0.3) is 34.3 Å². The molecule has 0 aliphatic heterocycles. The smallest absolute Gasteiger partial charge is 0.238 e. The zero-order valence-corrected chi connectivity index (χ0v) is 19.1. The number of nitrogens with zero attached hydrogens (tertiary/aromatic N) is 1. The van der Waals surface area contributed by atoms with Crippen LogP contribution in [0.1, 0.15) is 18.3 Å². The van der Waals surface area contributed by atoms with Crippen molar-refractivity contribution in [3.8, 4) is 16.9 Å². The molecule has 0 bridgehead atoms. The van der Waals surface area contributed by atoms with Gasteiger partial charge in [-0.15, -0.1) is 0 Å². The Hall–Kier alpha value is -2.94. The van der Waals surface area contributed by atoms with Gasteiger partial charge in [0.1, 0.15) is 11.6 Å². The number of aromatic amines is 1. The van der Waals surface area contributed by atoms with E-state index in [9.17, 15) is 8.42 Å². The fourth-order valence-corrected chi connectivity index (χ4v) is 4.54. The molecule has 4 aromatic rings. The molecule has 6 nitrogen and oxygen atoms in total. The number of H-pyrrole nitrogens is 1. The number of nitrogens with two attached hydrogens (primary N) is 1. The van der Waals surface area contributed by atoms with E-state index in [1.54, 1.807) is 18.2 Å². The SMILES string of the molecule is CCOc1ccc(/C=C/c2nc3cc(-c4ccccc4S(N)(=O)=O)ccc3[nH]2)c(Br)c1. The predicted molar refractivity (Wildman–Crippen MR) is 127 cm³/mol. The van der Waals surface area contributed by atoms with Crippen molar-refractivity contribution in [3.63, 3.8) is 0 Å². The summed E-state index contributed by atoms with van der Waals surface area (Å²) in [6.45, 7) is 2.56. The van der Waals surface area contributed by atoms with Gasteiger partial charge >= 0.3 is 0 Å². The molecule has 8 heteroatoms. The van der Waals surface area contributed by atoms with Crippen molar-refractivity contribution >= 4 is 49.1 Å². The highest BCUT2D eigenvalue weighted by molar-refractivity contribution is 9.10. The fourth-order valence-electron chi connectivity index (χ4n) is 3.29. The maximum absolute atomic E-state index is 11.9. The molecule has 0 radical (unpaired) electrons. The molecule has 158 valence electrons. The number of ether oxygens (including phenoxy) is 1. The van der Waals surface area contributed by atoms with Crippen molar-refractivity contribution in [1.29, 1.82) is 0 Å². The second-order valence-corrected chi connectivity index (χ2v) is 9.23. The van der Waals surface area contributed by atoms with Crippen LogP contribution in [0.5, 0.6) is 5.75 Å². The second kappa shape index (κ2) is 8.66. The first-order valence-corrected chi connectivity index (χ1v) is 11.9. The van der Waals surface area contributed by atoms with E-state index in [2.05, 4.69) is 25.9 Å². The van der Waals surface area contributed by atoms with Crippen LogP contribution in [-0.4, -0.2) is 25.0 Å². The van der Waals surface area contributed by atoms with Gasteiger partial charge in [-0.2, -0.15) is 0 Å². The average molecular weight is 498 g/mol. The number of fused-ring (bicyclic) bond motifs is 1. The zero-order chi connectivity index (χ0) is 22.0. The molecule has 0 amide bonds. The lowest BCUT2D eigenvalue weighted by molar-refractivity contribution is 0.340. The molecule has 3 aromatic carbocycles. The number of aromatic nitrogens is 2. The minimum Gasteiger partial charge on any atom is -0.494 e. The van der Waals surface area contributed by atoms with Crippen LogP contribution in [0.15, 0.2) is 70.0 Å². The highest BCUT2D eigenvalue weighted by atomic mass is 79.9. The van der Waals surface area contributed by atoms with Crippen LogP contribution >= 0.6 is 15.9 Å². The predicted octanol–water partition coefficient (Wildman–Crippen LogP) is 5.21. The molecule has 0 spiro atoms. The van der Waals surface area contributed by atoms with Gasteiger partial charge in [0.2, 0.25) is 10.0 Å². The lowest BCUT2D eigenvalue weighted by Crippen LogP contribution is -2.13. The van der Waals surface area contributed by atoms with Crippen molar-refractivity contribution in [2.45, 2.75) is 11.8 Å². The Morgan fingerprint density at radius 1 is 1.10 bits per heavy atom. The first-order valence-electron chi connectivity index (χ1n) is 9.57. The van der Waals surface area contributed by atoms with Crippen LogP contribution in [0.2, 0.25) is 0 Å². The molecule has 31 heavy (non-hydrogen) atoms. The molecule has 1 heterocycles. The third kappa shape index (κ3) is 4.71. The summed E-state index contributed by atoms with van der Waals surface area (Å²) in [4.78, 5) is 7.97. The Kier molecular flexibility index (Phi) is 5.95. The van der Waals surface area contributed by atoms with Crippen LogP contribution in [0.3, 0.4) is 0 Å². The number of hydrogen-bond donors (Lipinski definition) is 2. The standard InChI is InChI=1S/C23H20BrN3O3S/c1-2-30-17-10-7-15(19(24)14-17)9-12-23-26-20-11-8-16(13-21(20)27-23)18-5-3-4-6-22(18)31(25,28)29/h3-14H,2H2,1H3,(H,26,27)(H2,25,28,29)/b12-9+. The quantitative estimate of drug-likeness (QED) is 0.381. The highest BCUT2D eigenvalue weighted by Gasteiger charge is 2.15. The minimum atomic E-state index is -3.83. The maximum atomic E-state index is 11.9. The Morgan fingerprint density at radius 3 is 2.65 bits per heavy atom. The van der Waals surface area contributed by atoms with E-state index in [-0.39, 0.29) is 4.90 Å². The molecule has 0 aliphatic rings. The fraction of sp³-hybridized carbons (Fsp3) is 0.0870. The third-order valence-electron chi connectivity index (χ3n) is 4.71. The molecule has 0 saturated heterocycles. The largest absolute Gasteiger partial charge is 0.494 e. The van der Waals surface area contributed by atoms with Crippen LogP contribution in [0, 0.1) is 0 Å². The summed E-state index contributed by atoms with van der Waals surface area (Å²) < 4.78 is 30.3. The second-order valence-electron chi connectivity index (χ2n) is 6.84. The number of primary sulfonamides is 1. The number of benzene rings is 3. The molecule has 4 rings (SSSR count). The molecular formula is C23H20BrN3O3S. The monoisotopic (exact) mass is 497 g/mol. The van der Waals surface area contributed by atoms with Gasteiger partial charge in [0.25, 0.3) is 0 Å². The summed E-state index contributed by atoms with van der Waals surface area (Å²) in [5.74, 6) is 1.50. The zero-order valence-electron chi connectivity index (χ0n) is 16.7. The van der Waals surface area contributed by atoms with Crippen LogP contribution in [-0.2, 0) is 10.0 Å². The third-order valence-corrected chi connectivity index (χ3v) is 6.37. The molecular weight excluding hydrogens is 478 g/mol. The van der Waals surface area contributed by atoms with Gasteiger partial charge in [0.15, 0.2) is 0 Å². The van der Waals surface area contributed by atoms with E-state index in [1.165, 1.54) is 6.07 Å². The summed E-state index contributed by atoms with van der Waals surface area (Å²) in [6.07, 6.45) is 3.84. The van der Waals surface area contributed by atoms with Crippen molar-refractivity contribution in [2.24, 2.45) is 5.14 Å². The average Bonchev–Trinajstić information content (AvgIpc) is 3.15. The van der Waals surface area contributed by atoms with Crippen molar-refractivity contribution in [1.82, 2.24) is 9.97 Å². The van der Waals surface area contributed by atoms with E-state index in [4.69, 9.17) is 9.88 Å². The summed E-state index contributed by atoms with van der Waals surface area (Å²) in [6, 6.07) is 18.1. The summed E-state index contributed by atoms with van der Waals surface area (Å²) in [7, 11) is -3.83. The van der Waals surface area contributed by atoms with Crippen molar-refractivity contribution in [3.05, 3.63) is 76.5 Å². The molecule has 1 aromatic heterocycles. The number of imidazole rings is 1. The van der Waals surface area contributed by atoms with Crippen LogP contribution in [0.4, 0.5) is 0 Å². The summed E-state index contributed by atoms with van der Waals surface area (Å²) >= 11 is 3.56. The van der Waals surface area contributed by atoms with E-state index in [0.29, 0.717) is 18.0 Å². The maximum Gasteiger partial charge on any atom is 0.238 e. The van der Waals surface area contributed by atoms with Gasteiger partial charge in [-0.1, -0.05) is 52.3 Å². The number of hydrogen-bond acceptors (Lipinski definition) is 4. The van der Waals surface area contributed by atoms with E-state index >= 15 is 0 Å². The minimum absolute atomic E-state index is 0.0883. The molecule has 0 atom stereocenters. The van der Waals surface area contributed by atoms with Crippen LogP contribution < -0.4 is 9.88 Å². The van der Waals surface area contributed by atoms with Crippen molar-refractivity contribution < 1.29 is 13.2 Å². The Morgan fingerprint density at radius 2 is 1.90 bits per heavy atom. The van der Waals surface area contributed by atoms with Gasteiger partial charge in [0, 0.05) is 10.0 Å². The summed E-state index contributed by atoms with van der Waals surface area (Å²) in [5, 5.41) is 5.37. The lowest BCUT2D eigenvalue weighted by atomic mass is 10.1. The molecule has 0 saturated carbocycles. The number of sulfonamides is 1. The Balaban J connectivity index is 1.66. The molecule has 3 N–H and O–H groups in total. The molecule has 0 aliphatic carbocycles. The van der Waals surface area contributed by atoms with Gasteiger partial charge in [-0.25, -0.2) is 18.5 Å². The van der Waals surface area contributed by atoms with Gasteiger partial charge in [-0.3, -0.25) is 0 Å². The Labute approximate surface area is 189 Å². The van der Waals surface area contributed by atoms with Gasteiger partial charge in [-0.05, 0) is 54.5 Å². The van der Waals surface area contributed by atoms with Gasteiger partial charge < -0.3 is 9.72 Å². The topological polar surface area (TPSA) is 98.1 Å². The first kappa shape index (κ1) is 21.3. The highest BCUT2D eigenvalue weighted by Crippen LogP contribution is 2.29. The number of halogens is 1. The number of rotatable bonds is 6. The normalized spacial score (nSPS) is 12.0. The van der Waals surface area contributed by atoms with E-state index in [1.807, 2.05) is 55.5 Å².